The number of ether oxygens (including phenoxy) is 1. The highest BCUT2D eigenvalue weighted by atomic mass is 16.5. The minimum absolute atomic E-state index is 0.803. The van der Waals surface area contributed by atoms with Gasteiger partial charge in [-0.1, -0.05) is 18.2 Å². The highest BCUT2D eigenvalue weighted by Crippen LogP contribution is 2.19. The van der Waals surface area contributed by atoms with Crippen LogP contribution in [0.4, 0.5) is 0 Å². The molecule has 2 nitrogen and oxygen atoms in total. The van der Waals surface area contributed by atoms with Gasteiger partial charge in [-0.2, -0.15) is 0 Å². The minimum atomic E-state index is 0.803. The molecule has 0 aromatic heterocycles. The fourth-order valence-electron chi connectivity index (χ4n) is 1.61. The molecular formula is C11H17NO. The lowest BCUT2D eigenvalue weighted by Crippen LogP contribution is -2.10. The van der Waals surface area contributed by atoms with E-state index in [1.54, 1.807) is 0 Å². The van der Waals surface area contributed by atoms with Crippen molar-refractivity contribution in [2.45, 2.75) is 20.0 Å². The van der Waals surface area contributed by atoms with Gasteiger partial charge in [-0.05, 0) is 37.1 Å². The summed E-state index contributed by atoms with van der Waals surface area (Å²) in [7, 11) is 1.50. The van der Waals surface area contributed by atoms with Crippen molar-refractivity contribution >= 4 is 0 Å². The molecule has 1 aromatic carbocycles. The molecule has 0 spiro atoms. The molecule has 1 aromatic rings. The van der Waals surface area contributed by atoms with Crippen molar-refractivity contribution in [1.82, 2.24) is 0 Å². The smallest absolute Gasteiger partial charge is 0.0719 e. The van der Waals surface area contributed by atoms with Crippen LogP contribution in [0.3, 0.4) is 0 Å². The lowest BCUT2D eigenvalue weighted by Gasteiger charge is -2.17. The molecule has 2 N–H and O–H groups in total. The zero-order valence-electron chi connectivity index (χ0n) is 8.34. The fraction of sp³-hybridized carbons (Fsp3) is 0.455. The molecule has 0 radical (unpaired) electrons. The van der Waals surface area contributed by atoms with E-state index in [9.17, 15) is 0 Å². The van der Waals surface area contributed by atoms with E-state index in [1.807, 2.05) is 0 Å². The van der Waals surface area contributed by atoms with Gasteiger partial charge in [0.1, 0.15) is 0 Å². The predicted molar refractivity (Wildman–Crippen MR) is 54.7 cm³/mol. The van der Waals surface area contributed by atoms with Gasteiger partial charge in [0, 0.05) is 0 Å². The second kappa shape index (κ2) is 5.00. The molecule has 0 unspecified atom stereocenters. The molecule has 1 aliphatic rings. The third kappa shape index (κ3) is 2.29. The Labute approximate surface area is 79.7 Å². The third-order valence-electron chi connectivity index (χ3n) is 2.26. The van der Waals surface area contributed by atoms with Crippen LogP contribution in [-0.4, -0.2) is 13.7 Å². The van der Waals surface area contributed by atoms with Crippen LogP contribution in [0, 0.1) is 6.92 Å². The first-order chi connectivity index (χ1) is 6.38. The van der Waals surface area contributed by atoms with Crippen molar-refractivity contribution in [3.05, 3.63) is 34.9 Å². The fourth-order valence-corrected chi connectivity index (χ4v) is 1.61. The molecule has 72 valence electrons. The Bertz CT molecular complexity index is 271. The molecule has 0 fully saturated rings. The van der Waals surface area contributed by atoms with Gasteiger partial charge in [0.2, 0.25) is 0 Å². The summed E-state index contributed by atoms with van der Waals surface area (Å²) in [5.74, 6) is 0. The third-order valence-corrected chi connectivity index (χ3v) is 2.26. The van der Waals surface area contributed by atoms with Gasteiger partial charge in [-0.25, -0.2) is 0 Å². The van der Waals surface area contributed by atoms with Gasteiger partial charge in [-0.15, -0.1) is 0 Å². The zero-order valence-corrected chi connectivity index (χ0v) is 8.34. The summed E-state index contributed by atoms with van der Waals surface area (Å²) in [5, 5.41) is 0. The second-order valence-electron chi connectivity index (χ2n) is 3.02. The number of rotatable bonds is 0. The minimum Gasteiger partial charge on any atom is -0.376 e. The van der Waals surface area contributed by atoms with Crippen molar-refractivity contribution < 1.29 is 4.74 Å². The first kappa shape index (κ1) is 10.2. The van der Waals surface area contributed by atoms with E-state index in [4.69, 9.17) is 4.74 Å². The Morgan fingerprint density at radius 1 is 1.31 bits per heavy atom. The maximum absolute atomic E-state index is 5.35. The van der Waals surface area contributed by atoms with Crippen molar-refractivity contribution in [3.8, 4) is 0 Å². The molecule has 1 heterocycles. The van der Waals surface area contributed by atoms with Gasteiger partial charge in [0.15, 0.2) is 0 Å². The predicted octanol–water partition coefficient (Wildman–Crippen LogP) is 1.64. The van der Waals surface area contributed by atoms with Crippen LogP contribution in [0.2, 0.25) is 0 Å². The molecule has 0 atom stereocenters. The molecule has 0 saturated carbocycles. The lowest BCUT2D eigenvalue weighted by molar-refractivity contribution is 0.110. The summed E-state index contributed by atoms with van der Waals surface area (Å²) < 4.78 is 5.35. The van der Waals surface area contributed by atoms with E-state index in [2.05, 4.69) is 30.9 Å². The van der Waals surface area contributed by atoms with Gasteiger partial charge < -0.3 is 10.5 Å². The van der Waals surface area contributed by atoms with Crippen LogP contribution in [0.5, 0.6) is 0 Å². The van der Waals surface area contributed by atoms with E-state index in [1.165, 1.54) is 23.7 Å². The van der Waals surface area contributed by atoms with Crippen LogP contribution in [0.15, 0.2) is 18.2 Å². The molecule has 0 bridgehead atoms. The normalized spacial score (nSPS) is 14.1. The number of benzene rings is 1. The molecule has 2 heteroatoms. The van der Waals surface area contributed by atoms with Crippen LogP contribution in [0.1, 0.15) is 16.7 Å². The second-order valence-corrected chi connectivity index (χ2v) is 3.02. The molecule has 1 aliphatic heterocycles. The van der Waals surface area contributed by atoms with Gasteiger partial charge in [-0.3, -0.25) is 0 Å². The SMILES string of the molecule is CN.Cc1cccc2c1CCOC2. The number of aryl methyl sites for hydroxylation is 1. The Balaban J connectivity index is 0.000000396. The lowest BCUT2D eigenvalue weighted by atomic mass is 9.98. The van der Waals surface area contributed by atoms with E-state index < -0.39 is 0 Å². The first-order valence-corrected chi connectivity index (χ1v) is 4.61. The van der Waals surface area contributed by atoms with Crippen molar-refractivity contribution in [1.29, 1.82) is 0 Å². The summed E-state index contributed by atoms with van der Waals surface area (Å²) >= 11 is 0. The van der Waals surface area contributed by atoms with Crippen LogP contribution in [0.25, 0.3) is 0 Å². The first-order valence-electron chi connectivity index (χ1n) is 4.61. The van der Waals surface area contributed by atoms with E-state index >= 15 is 0 Å². The quantitative estimate of drug-likeness (QED) is 0.657. The summed E-state index contributed by atoms with van der Waals surface area (Å²) in [6.45, 7) is 3.86. The Hall–Kier alpha value is -0.860. The summed E-state index contributed by atoms with van der Waals surface area (Å²) in [4.78, 5) is 0. The Kier molecular flexibility index (Phi) is 3.93. The van der Waals surface area contributed by atoms with E-state index in [0.29, 0.717) is 0 Å². The molecule has 0 amide bonds. The van der Waals surface area contributed by atoms with Gasteiger partial charge >= 0.3 is 0 Å². The molecule has 2 rings (SSSR count). The average Bonchev–Trinajstić information content (AvgIpc) is 2.22. The highest BCUT2D eigenvalue weighted by Gasteiger charge is 2.09. The molecule has 0 saturated heterocycles. The summed E-state index contributed by atoms with van der Waals surface area (Å²) in [5.41, 5.74) is 8.78. The van der Waals surface area contributed by atoms with Crippen molar-refractivity contribution in [2.24, 2.45) is 5.73 Å². The van der Waals surface area contributed by atoms with Crippen LogP contribution < -0.4 is 5.73 Å². The standard InChI is InChI=1S/C10H12O.CH5N/c1-8-3-2-4-9-7-11-6-5-10(8)9;1-2/h2-4H,5-7H2,1H3;2H2,1H3. The summed E-state index contributed by atoms with van der Waals surface area (Å²) in [6, 6.07) is 6.43. The molecule has 13 heavy (non-hydrogen) atoms. The number of hydrogen-bond donors (Lipinski definition) is 1. The maximum atomic E-state index is 5.35. The van der Waals surface area contributed by atoms with Crippen molar-refractivity contribution in [3.63, 3.8) is 0 Å². The monoisotopic (exact) mass is 179 g/mol. The zero-order chi connectivity index (χ0) is 9.68. The Morgan fingerprint density at radius 2 is 2.08 bits per heavy atom. The van der Waals surface area contributed by atoms with E-state index in [0.717, 1.165) is 19.6 Å². The van der Waals surface area contributed by atoms with Crippen LogP contribution in [-0.2, 0) is 17.8 Å². The highest BCUT2D eigenvalue weighted by molar-refractivity contribution is 5.35. The summed E-state index contributed by atoms with van der Waals surface area (Å²) in [6.07, 6.45) is 1.09. The molecule has 0 aliphatic carbocycles. The number of fused-ring (bicyclic) bond motifs is 1. The average molecular weight is 179 g/mol. The maximum Gasteiger partial charge on any atom is 0.0719 e. The van der Waals surface area contributed by atoms with E-state index in [-0.39, 0.29) is 0 Å². The number of nitrogens with two attached hydrogens (primary N) is 1. The Morgan fingerprint density at radius 3 is 2.77 bits per heavy atom. The number of hydrogen-bond acceptors (Lipinski definition) is 2. The van der Waals surface area contributed by atoms with Crippen molar-refractivity contribution in [2.75, 3.05) is 13.7 Å². The topological polar surface area (TPSA) is 35.2 Å². The van der Waals surface area contributed by atoms with Gasteiger partial charge in [0.05, 0.1) is 13.2 Å². The van der Waals surface area contributed by atoms with Crippen LogP contribution >= 0.6 is 0 Å². The largest absolute Gasteiger partial charge is 0.376 e. The molecular weight excluding hydrogens is 162 g/mol. The van der Waals surface area contributed by atoms with Gasteiger partial charge in [0.25, 0.3) is 0 Å².